The van der Waals surface area contributed by atoms with Gasteiger partial charge in [0.1, 0.15) is 11.5 Å². The largest absolute Gasteiger partial charge is 0.497 e. The molecular weight excluding hydrogens is 362 g/mol. The average Bonchev–Trinajstić information content (AvgIpc) is 2.68. The van der Waals surface area contributed by atoms with Crippen molar-refractivity contribution in [2.45, 2.75) is 38.9 Å². The first-order valence-corrected chi connectivity index (χ1v) is 9.54. The lowest BCUT2D eigenvalue weighted by Crippen LogP contribution is -2.56. The Hall–Kier alpha value is -2.32. The number of carbonyl (C=O) groups is 2. The molecule has 0 bridgehead atoms. The summed E-state index contributed by atoms with van der Waals surface area (Å²) in [6, 6.07) is 4.97. The van der Waals surface area contributed by atoms with Crippen LogP contribution in [0.3, 0.4) is 0 Å². The predicted molar refractivity (Wildman–Crippen MR) is 105 cm³/mol. The van der Waals surface area contributed by atoms with Crippen LogP contribution in [-0.2, 0) is 16.1 Å². The highest BCUT2D eigenvalue weighted by Crippen LogP contribution is 2.27. The Kier molecular flexibility index (Phi) is 8.07. The van der Waals surface area contributed by atoms with Crippen molar-refractivity contribution in [1.82, 2.24) is 15.1 Å². The Balaban J connectivity index is 2.18. The summed E-state index contributed by atoms with van der Waals surface area (Å²) in [4.78, 5) is 28.9. The minimum absolute atomic E-state index is 0.0403. The average molecular weight is 393 g/mol. The number of nitrogens with one attached hydrogen (secondary N) is 1. The molecule has 1 aliphatic heterocycles. The third kappa shape index (κ3) is 5.36. The first-order valence-electron chi connectivity index (χ1n) is 9.54. The topological polar surface area (TPSA) is 91.3 Å². The molecule has 1 heterocycles. The number of aliphatic hydroxyl groups is 1. The summed E-state index contributed by atoms with van der Waals surface area (Å²) in [5.74, 6) is 1.08. The molecule has 0 aliphatic carbocycles. The van der Waals surface area contributed by atoms with Crippen molar-refractivity contribution in [2.24, 2.45) is 0 Å². The Morgan fingerprint density at radius 3 is 2.71 bits per heavy atom. The minimum atomic E-state index is -0.562. The fraction of sp³-hybridized carbons (Fsp3) is 0.600. The third-order valence-electron chi connectivity index (χ3n) is 4.96. The van der Waals surface area contributed by atoms with Gasteiger partial charge in [0.05, 0.1) is 33.3 Å². The summed E-state index contributed by atoms with van der Waals surface area (Å²) in [7, 11) is 3.19. The lowest BCUT2D eigenvalue weighted by molar-refractivity contribution is -0.140. The molecule has 8 heteroatoms. The van der Waals surface area contributed by atoms with E-state index < -0.39 is 6.04 Å². The van der Waals surface area contributed by atoms with Crippen LogP contribution in [0.2, 0.25) is 0 Å². The molecule has 1 aliphatic rings. The van der Waals surface area contributed by atoms with E-state index >= 15 is 0 Å². The second kappa shape index (κ2) is 10.3. The van der Waals surface area contributed by atoms with E-state index in [2.05, 4.69) is 5.32 Å². The van der Waals surface area contributed by atoms with E-state index in [1.165, 1.54) is 0 Å². The maximum absolute atomic E-state index is 12.8. The molecule has 1 aromatic rings. The Labute approximate surface area is 166 Å². The number of benzene rings is 1. The Morgan fingerprint density at radius 2 is 2.11 bits per heavy atom. The van der Waals surface area contributed by atoms with Crippen molar-refractivity contribution in [3.05, 3.63) is 23.8 Å². The molecule has 0 aromatic heterocycles. The molecule has 1 saturated heterocycles. The zero-order chi connectivity index (χ0) is 20.7. The number of nitrogens with zero attached hydrogens (tertiary/aromatic N) is 2. The van der Waals surface area contributed by atoms with Crippen LogP contribution in [0.4, 0.5) is 0 Å². The molecule has 28 heavy (non-hydrogen) atoms. The molecule has 0 saturated carbocycles. The van der Waals surface area contributed by atoms with Crippen LogP contribution in [0.15, 0.2) is 18.2 Å². The van der Waals surface area contributed by atoms with Gasteiger partial charge < -0.3 is 24.8 Å². The summed E-state index contributed by atoms with van der Waals surface area (Å²) >= 11 is 0. The van der Waals surface area contributed by atoms with Gasteiger partial charge in [0.15, 0.2) is 0 Å². The van der Waals surface area contributed by atoms with Crippen LogP contribution in [-0.4, -0.2) is 79.3 Å². The highest BCUT2D eigenvalue weighted by molar-refractivity contribution is 5.89. The summed E-state index contributed by atoms with van der Waals surface area (Å²) in [5.41, 5.74) is 0.923. The summed E-state index contributed by atoms with van der Waals surface area (Å²) in [6.45, 7) is 5.61. The first kappa shape index (κ1) is 22.0. The molecule has 1 fully saturated rings. The quantitative estimate of drug-likeness (QED) is 0.639. The number of amides is 2. The highest BCUT2D eigenvalue weighted by Gasteiger charge is 2.33. The first-order chi connectivity index (χ1) is 13.4. The van der Waals surface area contributed by atoms with Crippen molar-refractivity contribution in [3.8, 4) is 11.5 Å². The lowest BCUT2D eigenvalue weighted by atomic mass is 10.0. The van der Waals surface area contributed by atoms with Gasteiger partial charge in [-0.25, -0.2) is 0 Å². The van der Waals surface area contributed by atoms with Gasteiger partial charge in [0.25, 0.3) is 0 Å². The van der Waals surface area contributed by atoms with Gasteiger partial charge >= 0.3 is 0 Å². The molecule has 2 rings (SSSR count). The van der Waals surface area contributed by atoms with Crippen molar-refractivity contribution in [2.75, 3.05) is 40.5 Å². The highest BCUT2D eigenvalue weighted by atomic mass is 16.5. The molecule has 1 unspecified atom stereocenters. The molecule has 0 spiro atoms. The molecule has 1 aromatic carbocycles. The standard InChI is InChI=1S/C20H31N3O5/c1-14(2)23(9-10-24)19(25)12-17-20(26)21-7-8-22(17)13-15-5-6-16(27-3)11-18(15)28-4/h5-6,11,14,17,24H,7-10,12-13H2,1-4H3,(H,21,26). The fourth-order valence-corrected chi connectivity index (χ4v) is 3.44. The number of methoxy groups -OCH3 is 2. The van der Waals surface area contributed by atoms with Crippen molar-refractivity contribution in [1.29, 1.82) is 0 Å². The van der Waals surface area contributed by atoms with E-state index in [-0.39, 0.29) is 37.4 Å². The third-order valence-corrected chi connectivity index (χ3v) is 4.96. The second-order valence-electron chi connectivity index (χ2n) is 7.06. The van der Waals surface area contributed by atoms with Gasteiger partial charge in [-0.2, -0.15) is 0 Å². The second-order valence-corrected chi connectivity index (χ2v) is 7.06. The van der Waals surface area contributed by atoms with Crippen molar-refractivity contribution < 1.29 is 24.2 Å². The minimum Gasteiger partial charge on any atom is -0.497 e. The molecular formula is C20H31N3O5. The molecule has 0 radical (unpaired) electrons. The SMILES string of the molecule is COc1ccc(CN2CCNC(=O)C2CC(=O)N(CCO)C(C)C)c(OC)c1. The molecule has 2 N–H and O–H groups in total. The van der Waals surface area contributed by atoms with Crippen LogP contribution < -0.4 is 14.8 Å². The smallest absolute Gasteiger partial charge is 0.237 e. The lowest BCUT2D eigenvalue weighted by Gasteiger charge is -2.36. The predicted octanol–water partition coefficient (Wildman–Crippen LogP) is 0.624. The van der Waals surface area contributed by atoms with E-state index in [0.29, 0.717) is 31.1 Å². The summed E-state index contributed by atoms with van der Waals surface area (Å²) < 4.78 is 10.7. The van der Waals surface area contributed by atoms with Gasteiger partial charge in [0, 0.05) is 43.9 Å². The normalized spacial score (nSPS) is 17.4. The Morgan fingerprint density at radius 1 is 1.36 bits per heavy atom. The van der Waals surface area contributed by atoms with Crippen LogP contribution in [0.5, 0.6) is 11.5 Å². The molecule has 156 valence electrons. The van der Waals surface area contributed by atoms with Crippen molar-refractivity contribution in [3.63, 3.8) is 0 Å². The zero-order valence-electron chi connectivity index (χ0n) is 17.1. The van der Waals surface area contributed by atoms with E-state index in [4.69, 9.17) is 9.47 Å². The van der Waals surface area contributed by atoms with Gasteiger partial charge in [-0.05, 0) is 19.9 Å². The van der Waals surface area contributed by atoms with Gasteiger partial charge in [-0.15, -0.1) is 0 Å². The number of hydrogen-bond donors (Lipinski definition) is 2. The van der Waals surface area contributed by atoms with Crippen LogP contribution in [0, 0.1) is 0 Å². The molecule has 1 atom stereocenters. The number of ether oxygens (including phenoxy) is 2. The number of piperazine rings is 1. The number of carbonyl (C=O) groups excluding carboxylic acids is 2. The number of aliphatic hydroxyl groups excluding tert-OH is 1. The Bertz CT molecular complexity index is 680. The van der Waals surface area contributed by atoms with E-state index in [1.54, 1.807) is 25.2 Å². The molecule has 8 nitrogen and oxygen atoms in total. The van der Waals surface area contributed by atoms with E-state index in [9.17, 15) is 14.7 Å². The fourth-order valence-electron chi connectivity index (χ4n) is 3.44. The maximum atomic E-state index is 12.8. The van der Waals surface area contributed by atoms with Gasteiger partial charge in [0.2, 0.25) is 11.8 Å². The summed E-state index contributed by atoms with van der Waals surface area (Å²) in [5, 5.41) is 12.1. The monoisotopic (exact) mass is 393 g/mol. The summed E-state index contributed by atoms with van der Waals surface area (Å²) in [6.07, 6.45) is 0.0719. The number of rotatable bonds is 9. The molecule has 2 amide bonds. The van der Waals surface area contributed by atoms with Crippen LogP contribution in [0.1, 0.15) is 25.8 Å². The number of hydrogen-bond acceptors (Lipinski definition) is 6. The van der Waals surface area contributed by atoms with Crippen LogP contribution in [0.25, 0.3) is 0 Å². The van der Waals surface area contributed by atoms with Crippen molar-refractivity contribution >= 4 is 11.8 Å². The van der Waals surface area contributed by atoms with E-state index in [0.717, 1.165) is 5.56 Å². The van der Waals surface area contributed by atoms with Gasteiger partial charge in [-0.3, -0.25) is 14.5 Å². The van der Waals surface area contributed by atoms with Crippen LogP contribution >= 0.6 is 0 Å². The van der Waals surface area contributed by atoms with E-state index in [1.807, 2.05) is 30.9 Å². The maximum Gasteiger partial charge on any atom is 0.237 e. The van der Waals surface area contributed by atoms with Gasteiger partial charge in [-0.1, -0.05) is 6.07 Å². The zero-order valence-corrected chi connectivity index (χ0v) is 17.1.